The molecule has 0 fully saturated rings. The van der Waals surface area contributed by atoms with Crippen molar-refractivity contribution in [3.8, 4) is 11.5 Å². The number of nitrogens with two attached hydrogens (primary N) is 1. The minimum absolute atomic E-state index is 0.0751. The zero-order valence-electron chi connectivity index (χ0n) is 12.3. The Hall–Kier alpha value is -1.88. The highest BCUT2D eigenvalue weighted by molar-refractivity contribution is 9.10. The van der Waals surface area contributed by atoms with E-state index in [2.05, 4.69) is 21.2 Å². The van der Waals surface area contributed by atoms with E-state index < -0.39 is 0 Å². The quantitative estimate of drug-likeness (QED) is 0.775. The lowest BCUT2D eigenvalue weighted by Crippen LogP contribution is -2.07. The number of benzene rings is 2. The Labute approximate surface area is 133 Å². The van der Waals surface area contributed by atoms with E-state index in [9.17, 15) is 0 Å². The van der Waals surface area contributed by atoms with Gasteiger partial charge in [-0.3, -0.25) is 0 Å². The van der Waals surface area contributed by atoms with E-state index in [4.69, 9.17) is 15.2 Å². The monoisotopic (exact) mass is 350 g/mol. The molecule has 0 saturated carbocycles. The van der Waals surface area contributed by atoms with Crippen LogP contribution in [0.25, 0.3) is 0 Å². The van der Waals surface area contributed by atoms with Crippen LogP contribution < -0.4 is 20.5 Å². The molecule has 0 unspecified atom stereocenters. The standard InChI is InChI=1S/C16H19BrN2O2/c1-10(2)21-16-8-11(4-7-14(16)18)19-15-9-12(20-3)5-6-13(15)17/h4-10,19H,18H2,1-3H3. The van der Waals surface area contributed by atoms with Gasteiger partial charge >= 0.3 is 0 Å². The molecule has 2 rings (SSSR count). The fourth-order valence-electron chi connectivity index (χ4n) is 1.85. The SMILES string of the molecule is COc1ccc(Br)c(Nc2ccc(N)c(OC(C)C)c2)c1. The van der Waals surface area contributed by atoms with E-state index >= 15 is 0 Å². The first kappa shape index (κ1) is 15.5. The molecule has 0 radical (unpaired) electrons. The lowest BCUT2D eigenvalue weighted by molar-refractivity contribution is 0.244. The van der Waals surface area contributed by atoms with Gasteiger partial charge in [-0.25, -0.2) is 0 Å². The van der Waals surface area contributed by atoms with Crippen molar-refractivity contribution in [1.82, 2.24) is 0 Å². The van der Waals surface area contributed by atoms with E-state index in [-0.39, 0.29) is 6.10 Å². The van der Waals surface area contributed by atoms with Gasteiger partial charge < -0.3 is 20.5 Å². The third kappa shape index (κ3) is 4.04. The highest BCUT2D eigenvalue weighted by Gasteiger charge is 2.07. The molecule has 0 amide bonds. The molecule has 21 heavy (non-hydrogen) atoms. The van der Waals surface area contributed by atoms with Gasteiger partial charge in [-0.05, 0) is 54.0 Å². The Bertz CT molecular complexity index is 630. The molecule has 0 saturated heterocycles. The average Bonchev–Trinajstić information content (AvgIpc) is 2.44. The molecule has 0 spiro atoms. The summed E-state index contributed by atoms with van der Waals surface area (Å²) < 4.78 is 11.9. The number of anilines is 3. The van der Waals surface area contributed by atoms with Gasteiger partial charge in [-0.2, -0.15) is 0 Å². The van der Waals surface area contributed by atoms with Gasteiger partial charge in [0.05, 0.1) is 24.6 Å². The van der Waals surface area contributed by atoms with Crippen molar-refractivity contribution < 1.29 is 9.47 Å². The number of hydrogen-bond donors (Lipinski definition) is 2. The summed E-state index contributed by atoms with van der Waals surface area (Å²) >= 11 is 3.52. The van der Waals surface area contributed by atoms with Crippen molar-refractivity contribution in [3.05, 3.63) is 40.9 Å². The number of nitrogen functional groups attached to an aromatic ring is 1. The zero-order valence-corrected chi connectivity index (χ0v) is 13.9. The van der Waals surface area contributed by atoms with Gasteiger partial charge in [0.25, 0.3) is 0 Å². The minimum Gasteiger partial charge on any atom is -0.497 e. The van der Waals surface area contributed by atoms with Crippen LogP contribution in [0.3, 0.4) is 0 Å². The van der Waals surface area contributed by atoms with Crippen molar-refractivity contribution in [2.24, 2.45) is 0 Å². The third-order valence-electron chi connectivity index (χ3n) is 2.83. The molecule has 3 N–H and O–H groups in total. The molecule has 0 atom stereocenters. The second-order valence-electron chi connectivity index (χ2n) is 4.89. The van der Waals surface area contributed by atoms with Gasteiger partial charge in [0.1, 0.15) is 11.5 Å². The maximum atomic E-state index is 5.92. The Morgan fingerprint density at radius 1 is 1.14 bits per heavy atom. The first-order valence-electron chi connectivity index (χ1n) is 6.66. The number of ether oxygens (including phenoxy) is 2. The van der Waals surface area contributed by atoms with Gasteiger partial charge in [0, 0.05) is 22.3 Å². The number of hydrogen-bond acceptors (Lipinski definition) is 4. The lowest BCUT2D eigenvalue weighted by atomic mass is 10.2. The number of halogens is 1. The van der Waals surface area contributed by atoms with Crippen molar-refractivity contribution in [2.75, 3.05) is 18.2 Å². The van der Waals surface area contributed by atoms with Crippen LogP contribution in [0, 0.1) is 0 Å². The van der Waals surface area contributed by atoms with Gasteiger partial charge in [-0.1, -0.05) is 0 Å². The molecule has 0 bridgehead atoms. The molecule has 0 aromatic heterocycles. The second-order valence-corrected chi connectivity index (χ2v) is 5.74. The van der Waals surface area contributed by atoms with Crippen molar-refractivity contribution in [1.29, 1.82) is 0 Å². The molecular weight excluding hydrogens is 332 g/mol. The Balaban J connectivity index is 2.27. The molecule has 0 aliphatic carbocycles. The predicted octanol–water partition coefficient (Wildman–Crippen LogP) is 4.57. The largest absolute Gasteiger partial charge is 0.497 e. The van der Waals surface area contributed by atoms with E-state index in [1.54, 1.807) is 7.11 Å². The van der Waals surface area contributed by atoms with Crippen LogP contribution in [0.4, 0.5) is 17.1 Å². The molecule has 112 valence electrons. The summed E-state index contributed by atoms with van der Waals surface area (Å²) in [6.45, 7) is 3.94. The van der Waals surface area contributed by atoms with E-state index in [0.717, 1.165) is 21.6 Å². The normalized spacial score (nSPS) is 10.5. The molecule has 0 aliphatic rings. The highest BCUT2D eigenvalue weighted by atomic mass is 79.9. The lowest BCUT2D eigenvalue weighted by Gasteiger charge is -2.15. The maximum Gasteiger partial charge on any atom is 0.144 e. The molecule has 4 nitrogen and oxygen atoms in total. The van der Waals surface area contributed by atoms with Gasteiger partial charge in [0.2, 0.25) is 0 Å². The summed E-state index contributed by atoms with van der Waals surface area (Å²) in [4.78, 5) is 0. The number of nitrogens with one attached hydrogen (secondary N) is 1. The Morgan fingerprint density at radius 2 is 1.90 bits per heavy atom. The summed E-state index contributed by atoms with van der Waals surface area (Å²) in [5.74, 6) is 1.46. The van der Waals surface area contributed by atoms with Crippen molar-refractivity contribution in [2.45, 2.75) is 20.0 Å². The molecule has 0 aliphatic heterocycles. The molecule has 2 aromatic carbocycles. The fraction of sp³-hybridized carbons (Fsp3) is 0.250. The van der Waals surface area contributed by atoms with Crippen LogP contribution in [0.2, 0.25) is 0 Å². The first-order chi connectivity index (χ1) is 9.99. The van der Waals surface area contributed by atoms with Crippen LogP contribution in [-0.2, 0) is 0 Å². The first-order valence-corrected chi connectivity index (χ1v) is 7.45. The summed E-state index contributed by atoms with van der Waals surface area (Å²) in [6.07, 6.45) is 0.0751. The number of rotatable bonds is 5. The van der Waals surface area contributed by atoms with Gasteiger partial charge in [0.15, 0.2) is 0 Å². The third-order valence-corrected chi connectivity index (χ3v) is 3.52. The Kier molecular flexibility index (Phi) is 4.96. The predicted molar refractivity (Wildman–Crippen MR) is 90.6 cm³/mol. The van der Waals surface area contributed by atoms with Crippen LogP contribution in [-0.4, -0.2) is 13.2 Å². The Morgan fingerprint density at radius 3 is 2.57 bits per heavy atom. The highest BCUT2D eigenvalue weighted by Crippen LogP contribution is 2.32. The van der Waals surface area contributed by atoms with Crippen molar-refractivity contribution in [3.63, 3.8) is 0 Å². The fourth-order valence-corrected chi connectivity index (χ4v) is 2.20. The maximum absolute atomic E-state index is 5.92. The van der Waals surface area contributed by atoms with E-state index in [0.29, 0.717) is 11.4 Å². The van der Waals surface area contributed by atoms with Gasteiger partial charge in [-0.15, -0.1) is 0 Å². The van der Waals surface area contributed by atoms with Crippen molar-refractivity contribution >= 4 is 33.0 Å². The smallest absolute Gasteiger partial charge is 0.144 e. The topological polar surface area (TPSA) is 56.5 Å². The van der Waals surface area contributed by atoms with E-state index in [1.165, 1.54) is 0 Å². The summed E-state index contributed by atoms with van der Waals surface area (Å²) in [7, 11) is 1.64. The molecule has 2 aromatic rings. The summed E-state index contributed by atoms with van der Waals surface area (Å²) in [5.41, 5.74) is 8.36. The van der Waals surface area contributed by atoms with Crippen LogP contribution in [0.1, 0.15) is 13.8 Å². The molecular formula is C16H19BrN2O2. The van der Waals surface area contributed by atoms with Crippen LogP contribution in [0.15, 0.2) is 40.9 Å². The zero-order chi connectivity index (χ0) is 15.4. The number of methoxy groups -OCH3 is 1. The summed E-state index contributed by atoms with van der Waals surface area (Å²) in [6, 6.07) is 11.4. The van der Waals surface area contributed by atoms with E-state index in [1.807, 2.05) is 50.2 Å². The molecule has 5 heteroatoms. The average molecular weight is 351 g/mol. The minimum atomic E-state index is 0.0751. The second kappa shape index (κ2) is 6.72. The van der Waals surface area contributed by atoms with Crippen LogP contribution in [0.5, 0.6) is 11.5 Å². The van der Waals surface area contributed by atoms with Crippen LogP contribution >= 0.6 is 15.9 Å². The summed E-state index contributed by atoms with van der Waals surface area (Å²) in [5, 5.41) is 3.33. The molecule has 0 heterocycles.